The highest BCUT2D eigenvalue weighted by Crippen LogP contribution is 2.42. The Bertz CT molecular complexity index is 7680. The number of nitrogens with one attached hydrogen (secondary N) is 1. The number of aromatic nitrogens is 6. The number of nitrogens with two attached hydrogens (primary N) is 4. The topological polar surface area (TPSA) is 280 Å². The van der Waals surface area contributed by atoms with Gasteiger partial charge in [-0.3, -0.25) is 19.2 Å². The molecule has 20 aromatic rings. The van der Waals surface area contributed by atoms with E-state index in [4.69, 9.17) is 97.0 Å². The second-order valence-electron chi connectivity index (χ2n) is 33.1. The first-order valence-corrected chi connectivity index (χ1v) is 47.6. The number of hydrogen-bond donors (Lipinski definition) is 5. The molecule has 21 rings (SSSR count). The fourth-order valence-corrected chi connectivity index (χ4v) is 16.3. The van der Waals surface area contributed by atoms with Crippen LogP contribution in [0.25, 0.3) is 123 Å². The minimum Gasteiger partial charge on any atom is -0.399 e. The second-order valence-corrected chi connectivity index (χ2v) is 36.1. The number of ketones is 2. The molecule has 1 aliphatic heterocycles. The number of rotatable bonds is 15. The average molecular weight is 2040 g/mol. The number of amides is 1. The molecule has 1 saturated heterocycles. The monoisotopic (exact) mass is 2030 g/mol. The molecule has 0 saturated carbocycles. The van der Waals surface area contributed by atoms with Crippen molar-refractivity contribution >= 4 is 163 Å². The largest absolute Gasteiger partial charge is 0.496 e. The number of halogens is 5. The number of nitrogen functional groups attached to an aromatic ring is 4. The molecule has 0 bridgehead atoms. The van der Waals surface area contributed by atoms with Gasteiger partial charge in [-0.25, -0.2) is 29.9 Å². The molecule has 694 valence electrons. The van der Waals surface area contributed by atoms with Gasteiger partial charge in [-0.1, -0.05) is 357 Å². The summed E-state index contributed by atoms with van der Waals surface area (Å²) in [5.41, 5.74) is 48.7. The van der Waals surface area contributed by atoms with Crippen LogP contribution in [0.4, 0.5) is 28.4 Å². The minimum atomic E-state index is -0.466. The van der Waals surface area contributed by atoms with Gasteiger partial charge in [0.15, 0.2) is 0 Å². The zero-order valence-corrected chi connectivity index (χ0v) is 82.4. The Balaban J connectivity index is 0.000000131. The summed E-state index contributed by atoms with van der Waals surface area (Å²) in [6.07, 6.45) is 0. The summed E-state index contributed by atoms with van der Waals surface area (Å²) in [5, 5.41) is 3.78. The Morgan fingerprint density at radius 1 is 0.291 bits per heavy atom. The smallest absolute Gasteiger partial charge is 0.399 e. The van der Waals surface area contributed by atoms with E-state index in [0.717, 1.165) is 143 Å². The summed E-state index contributed by atoms with van der Waals surface area (Å²) in [5.74, 6) is -1.14. The van der Waals surface area contributed by atoms with Gasteiger partial charge in [-0.05, 0) is 174 Å². The zero-order chi connectivity index (χ0) is 98.9. The summed E-state index contributed by atoms with van der Waals surface area (Å²) in [6, 6.07) is 138. The quantitative estimate of drug-likeness (QED) is 0.0210. The molecule has 0 atom stereocenters. The Morgan fingerprint density at radius 3 is 0.972 bits per heavy atom. The van der Waals surface area contributed by atoms with Crippen LogP contribution in [-0.2, 0) is 9.31 Å². The predicted octanol–water partition coefficient (Wildman–Crippen LogP) is 29.1. The number of hydrogen-bond acceptors (Lipinski definition) is 16. The Kier molecular flexibility index (Phi) is 33.3. The van der Waals surface area contributed by atoms with Crippen molar-refractivity contribution < 1.29 is 28.5 Å². The number of benzene rings is 17. The van der Waals surface area contributed by atoms with Crippen LogP contribution in [0.1, 0.15) is 69.1 Å². The third kappa shape index (κ3) is 25.1. The van der Waals surface area contributed by atoms with Gasteiger partial charge in [-0.2, -0.15) is 0 Å². The normalized spacial score (nSPS) is 11.9. The summed E-state index contributed by atoms with van der Waals surface area (Å²) in [7, 11) is -0.369. The number of anilines is 5. The molecular formula is C118H93BBr2Cl3N11O6. The van der Waals surface area contributed by atoms with E-state index in [2.05, 4.69) is 91.8 Å². The molecule has 17 aromatic carbocycles. The van der Waals surface area contributed by atoms with Crippen LogP contribution in [0, 0.1) is 0 Å². The van der Waals surface area contributed by atoms with Crippen molar-refractivity contribution in [1.82, 2.24) is 29.9 Å². The van der Waals surface area contributed by atoms with E-state index < -0.39 is 16.8 Å². The van der Waals surface area contributed by atoms with Gasteiger partial charge in [0.2, 0.25) is 11.6 Å². The average Bonchev–Trinajstić information content (AvgIpc) is 1.76. The zero-order valence-electron chi connectivity index (χ0n) is 77.0. The second kappa shape index (κ2) is 47.1. The molecule has 0 aliphatic carbocycles. The first kappa shape index (κ1) is 99.7. The van der Waals surface area contributed by atoms with Gasteiger partial charge >= 0.3 is 7.12 Å². The van der Waals surface area contributed by atoms with Crippen molar-refractivity contribution in [1.29, 1.82) is 0 Å². The maximum absolute atomic E-state index is 13.0. The standard InChI is InChI=1S/C33H22ClN3O.C26H19N3.C20H13BrN2.C14H10O2.C12H18BNO2.C7H4Cl2O.C6H7BrN2/c34-25-20-18-24(19-21-25)33(38)36-28-16-8-7-14-26(28)27-15-9-17-29-32(27)37-31(23-12-5-2-6-13-23)30(35-29)22-10-3-1-4-11-22;27-22-16-8-7-14-20(22)21-15-9-17-23-26(21)29-25(19-12-5-2-6-13-19)24(28-23)18-10-3-1-4-11-18;21-16-12-7-13-17-20(16)23-19(15-10-5-2-6-11-15)18(22-17)14-8-3-1-4-9-14;15-13(11-7-3-1-4-8-11)14(16)12-9-5-2-6-10-12;1-11(2)12(3,4)16-13(15-11)9-7-5-6-8-10(9)14;8-6-3-1-5(2-4-6)7(9)10;7-4-2-1-3-5(8)6(4)9/h1-21H,(H,36,38);1-17H,27H2;1-13H;1-10H;5-8H,14H2,1-4H3;1-4H;1-3H,8-9H2. The van der Waals surface area contributed by atoms with E-state index in [1.54, 1.807) is 103 Å². The van der Waals surface area contributed by atoms with Crippen molar-refractivity contribution in [3.8, 4) is 89.8 Å². The third-order valence-electron chi connectivity index (χ3n) is 23.1. The van der Waals surface area contributed by atoms with Crippen LogP contribution in [0.5, 0.6) is 0 Å². The van der Waals surface area contributed by atoms with Gasteiger partial charge < -0.3 is 37.6 Å². The maximum atomic E-state index is 13.0. The van der Waals surface area contributed by atoms with E-state index in [9.17, 15) is 19.2 Å². The van der Waals surface area contributed by atoms with Crippen molar-refractivity contribution in [2.75, 3.05) is 28.3 Å². The number of carbonyl (C=O) groups excluding carboxylic acids is 4. The molecule has 1 fully saturated rings. The highest BCUT2D eigenvalue weighted by molar-refractivity contribution is 9.11. The number of fused-ring (bicyclic) bond motifs is 3. The van der Waals surface area contributed by atoms with Crippen LogP contribution < -0.4 is 33.7 Å². The molecule has 1 aliphatic rings. The van der Waals surface area contributed by atoms with Crippen molar-refractivity contribution in [2.45, 2.75) is 38.9 Å². The van der Waals surface area contributed by atoms with Crippen LogP contribution in [0.15, 0.2) is 446 Å². The molecule has 23 heteroatoms. The fraction of sp³-hybridized carbons (Fsp3) is 0.0508. The van der Waals surface area contributed by atoms with Crippen LogP contribution in [-0.4, -0.2) is 70.9 Å². The fourth-order valence-electron chi connectivity index (χ4n) is 15.1. The van der Waals surface area contributed by atoms with E-state index in [0.29, 0.717) is 55.0 Å². The lowest BCUT2D eigenvalue weighted by Gasteiger charge is -2.32. The molecule has 3 aromatic heterocycles. The summed E-state index contributed by atoms with van der Waals surface area (Å²) < 4.78 is 13.7. The SMILES string of the molecule is Brc1cccc2nc(-c3ccccc3)c(-c3ccccc3)nc12.CC1(C)OB(c2ccccc2N)OC1(C)C.Nc1cccc(Br)c1N.Nc1ccccc1-c1cccc2nc(-c3ccccc3)c(-c3ccccc3)nc12.O=C(C(=O)c1ccccc1)c1ccccc1.O=C(Cl)c1ccc(Cl)cc1.O=C(Nc1ccccc1-c1cccc2nc(-c3ccccc3)c(-c3ccccc3)nc12)c1ccc(Cl)cc1. The summed E-state index contributed by atoms with van der Waals surface area (Å²) >= 11 is 23.6. The molecule has 17 nitrogen and oxygen atoms in total. The van der Waals surface area contributed by atoms with Gasteiger partial charge in [0.1, 0.15) is 5.52 Å². The van der Waals surface area contributed by atoms with E-state index in [-0.39, 0.29) is 24.2 Å². The minimum absolute atomic E-state index is 0.211. The molecule has 4 heterocycles. The molecule has 0 spiro atoms. The van der Waals surface area contributed by atoms with Crippen LogP contribution >= 0.6 is 66.7 Å². The van der Waals surface area contributed by atoms with Gasteiger partial charge in [-0.15, -0.1) is 0 Å². The van der Waals surface area contributed by atoms with Crippen molar-refractivity contribution in [2.24, 2.45) is 0 Å². The summed E-state index contributed by atoms with van der Waals surface area (Å²) in [6.45, 7) is 8.14. The molecular weight excluding hydrogens is 1940 g/mol. The number of carbonyl (C=O) groups is 4. The van der Waals surface area contributed by atoms with Crippen LogP contribution in [0.2, 0.25) is 10.0 Å². The van der Waals surface area contributed by atoms with Crippen LogP contribution in [0.3, 0.4) is 0 Å². The van der Waals surface area contributed by atoms with E-state index in [1.807, 2.05) is 307 Å². The van der Waals surface area contributed by atoms with E-state index >= 15 is 0 Å². The number of nitrogens with zero attached hydrogens (tertiary/aromatic N) is 6. The lowest BCUT2D eigenvalue weighted by molar-refractivity contribution is 0.00578. The summed E-state index contributed by atoms with van der Waals surface area (Å²) in [4.78, 5) is 77.3. The third-order valence-corrected chi connectivity index (χ3v) is 25.1. The number of para-hydroxylation sites is 7. The predicted molar refractivity (Wildman–Crippen MR) is 586 cm³/mol. The molecule has 141 heavy (non-hydrogen) atoms. The lowest BCUT2D eigenvalue weighted by atomic mass is 9.78. The maximum Gasteiger partial charge on any atom is 0.496 e. The first-order valence-electron chi connectivity index (χ1n) is 44.9. The Labute approximate surface area is 850 Å². The van der Waals surface area contributed by atoms with Gasteiger partial charge in [0, 0.05) is 119 Å². The molecule has 0 radical (unpaired) electrons. The van der Waals surface area contributed by atoms with Crippen molar-refractivity contribution in [3.05, 3.63) is 478 Å². The Hall–Kier alpha value is -15.7. The van der Waals surface area contributed by atoms with Crippen molar-refractivity contribution in [3.63, 3.8) is 0 Å². The first-order chi connectivity index (χ1) is 68.3. The Morgan fingerprint density at radius 2 is 0.589 bits per heavy atom. The van der Waals surface area contributed by atoms with Gasteiger partial charge in [0.05, 0.1) is 84.3 Å². The molecule has 0 unspecified atom stereocenters. The lowest BCUT2D eigenvalue weighted by Crippen LogP contribution is -2.41. The molecule has 1 amide bonds. The molecule has 9 N–H and O–H groups in total. The highest BCUT2D eigenvalue weighted by Gasteiger charge is 2.52. The van der Waals surface area contributed by atoms with E-state index in [1.165, 1.54) is 0 Å². The van der Waals surface area contributed by atoms with Gasteiger partial charge in [0.25, 0.3) is 11.1 Å². The highest BCUT2D eigenvalue weighted by atomic mass is 79.9. The number of Topliss-reactive ketones (excluding diaryl/α,β-unsaturated/α-hetero) is 2.